The van der Waals surface area contributed by atoms with Gasteiger partial charge in [-0.05, 0) is 37.8 Å². The number of para-hydroxylation sites is 2. The largest absolute Gasteiger partial charge is 0.464 e. The maximum atomic E-state index is 12.9. The first-order chi connectivity index (χ1) is 15.1. The Balaban J connectivity index is 1.41. The number of ether oxygens (including phenoxy) is 1. The quantitative estimate of drug-likeness (QED) is 0.667. The summed E-state index contributed by atoms with van der Waals surface area (Å²) in [6.07, 6.45) is 6.62. The molecule has 1 aromatic heterocycles. The molecule has 1 atom stereocenters. The second-order valence-corrected chi connectivity index (χ2v) is 8.02. The maximum absolute atomic E-state index is 12.9. The SMILES string of the molecule is CCCOC(=O)C(Cc1nc2ccccc2[nH]1)NC(=O)C1=CN=C(N2CCCCC2)C1. The van der Waals surface area contributed by atoms with Crippen LogP contribution in [-0.4, -0.2) is 58.3 Å². The highest BCUT2D eigenvalue weighted by Crippen LogP contribution is 2.19. The van der Waals surface area contributed by atoms with Gasteiger partial charge in [0.15, 0.2) is 0 Å². The molecule has 1 fully saturated rings. The van der Waals surface area contributed by atoms with Crippen LogP contribution in [0.15, 0.2) is 41.0 Å². The lowest BCUT2D eigenvalue weighted by Crippen LogP contribution is -2.44. The highest BCUT2D eigenvalue weighted by atomic mass is 16.5. The predicted molar refractivity (Wildman–Crippen MR) is 119 cm³/mol. The summed E-state index contributed by atoms with van der Waals surface area (Å²) < 4.78 is 5.33. The Bertz CT molecular complexity index is 971. The fourth-order valence-electron chi connectivity index (χ4n) is 3.94. The predicted octanol–water partition coefficient (Wildman–Crippen LogP) is 2.72. The van der Waals surface area contributed by atoms with Crippen molar-refractivity contribution < 1.29 is 14.3 Å². The molecule has 0 bridgehead atoms. The first-order valence-corrected chi connectivity index (χ1v) is 11.1. The number of carbonyl (C=O) groups is 2. The third kappa shape index (κ3) is 5.13. The van der Waals surface area contributed by atoms with Crippen LogP contribution in [0.4, 0.5) is 0 Å². The lowest BCUT2D eigenvalue weighted by Gasteiger charge is -2.28. The Kier molecular flexibility index (Phi) is 6.64. The van der Waals surface area contributed by atoms with Crippen molar-refractivity contribution in [2.75, 3.05) is 19.7 Å². The molecule has 0 radical (unpaired) electrons. The van der Waals surface area contributed by atoms with Crippen LogP contribution in [0, 0.1) is 0 Å². The Labute approximate surface area is 181 Å². The number of nitrogens with zero attached hydrogens (tertiary/aromatic N) is 3. The molecule has 1 unspecified atom stereocenters. The van der Waals surface area contributed by atoms with Gasteiger partial charge in [0.25, 0.3) is 0 Å². The Hall–Kier alpha value is -3.16. The number of amides is 1. The molecule has 4 rings (SSSR count). The minimum atomic E-state index is -0.820. The molecule has 1 amide bonds. The van der Waals surface area contributed by atoms with Gasteiger partial charge in [-0.1, -0.05) is 19.1 Å². The number of hydrogen-bond donors (Lipinski definition) is 2. The molecule has 2 aromatic rings. The molecule has 0 aliphatic carbocycles. The molecule has 0 spiro atoms. The van der Waals surface area contributed by atoms with Gasteiger partial charge in [-0.25, -0.2) is 14.8 Å². The highest BCUT2D eigenvalue weighted by Gasteiger charge is 2.28. The third-order valence-corrected chi connectivity index (χ3v) is 5.60. The number of imidazole rings is 1. The summed E-state index contributed by atoms with van der Waals surface area (Å²) in [4.78, 5) is 40.0. The summed E-state index contributed by atoms with van der Waals surface area (Å²) in [5.74, 6) is 0.828. The van der Waals surface area contributed by atoms with E-state index in [-0.39, 0.29) is 12.3 Å². The summed E-state index contributed by atoms with van der Waals surface area (Å²) in [7, 11) is 0. The van der Waals surface area contributed by atoms with E-state index >= 15 is 0 Å². The molecule has 8 heteroatoms. The van der Waals surface area contributed by atoms with Crippen molar-refractivity contribution in [1.82, 2.24) is 20.2 Å². The first-order valence-electron chi connectivity index (χ1n) is 11.1. The van der Waals surface area contributed by atoms with Crippen molar-refractivity contribution >= 4 is 28.7 Å². The van der Waals surface area contributed by atoms with Crippen LogP contribution in [0.2, 0.25) is 0 Å². The molecule has 31 heavy (non-hydrogen) atoms. The van der Waals surface area contributed by atoms with Crippen molar-refractivity contribution in [2.45, 2.75) is 51.5 Å². The fourth-order valence-corrected chi connectivity index (χ4v) is 3.94. The minimum Gasteiger partial charge on any atom is -0.464 e. The Morgan fingerprint density at radius 3 is 2.81 bits per heavy atom. The number of aromatic nitrogens is 2. The van der Waals surface area contributed by atoms with Crippen molar-refractivity contribution in [2.24, 2.45) is 4.99 Å². The molecular formula is C23H29N5O3. The van der Waals surface area contributed by atoms with E-state index in [2.05, 4.69) is 25.2 Å². The van der Waals surface area contributed by atoms with Crippen molar-refractivity contribution in [3.8, 4) is 0 Å². The van der Waals surface area contributed by atoms with E-state index in [0.717, 1.165) is 49.2 Å². The van der Waals surface area contributed by atoms with E-state index in [4.69, 9.17) is 4.74 Å². The van der Waals surface area contributed by atoms with Crippen LogP contribution in [0.25, 0.3) is 11.0 Å². The van der Waals surface area contributed by atoms with Crippen LogP contribution in [-0.2, 0) is 20.7 Å². The fraction of sp³-hybridized carbons (Fsp3) is 0.478. The van der Waals surface area contributed by atoms with Gasteiger partial charge in [-0.3, -0.25) is 4.79 Å². The Morgan fingerprint density at radius 2 is 2.03 bits per heavy atom. The number of likely N-dealkylation sites (tertiary alicyclic amines) is 1. The number of aromatic amines is 1. The average molecular weight is 424 g/mol. The number of carbonyl (C=O) groups excluding carboxylic acids is 2. The minimum absolute atomic E-state index is 0.232. The number of benzene rings is 1. The number of piperidine rings is 1. The number of H-pyrrole nitrogens is 1. The average Bonchev–Trinajstić information content (AvgIpc) is 3.44. The molecule has 0 saturated carbocycles. The zero-order chi connectivity index (χ0) is 21.6. The molecule has 2 aliphatic heterocycles. The summed E-state index contributed by atoms with van der Waals surface area (Å²) in [6, 6.07) is 6.85. The summed E-state index contributed by atoms with van der Waals surface area (Å²) >= 11 is 0. The zero-order valence-corrected chi connectivity index (χ0v) is 17.9. The van der Waals surface area contributed by atoms with Crippen LogP contribution in [0.3, 0.4) is 0 Å². The van der Waals surface area contributed by atoms with Gasteiger partial charge < -0.3 is 19.9 Å². The number of fused-ring (bicyclic) bond motifs is 1. The molecule has 2 aliphatic rings. The van der Waals surface area contributed by atoms with Gasteiger partial charge in [0, 0.05) is 37.7 Å². The lowest BCUT2D eigenvalue weighted by molar-refractivity contribution is -0.147. The smallest absolute Gasteiger partial charge is 0.329 e. The standard InChI is InChI=1S/C23H29N5O3/c1-2-12-31-23(30)19(14-20-25-17-8-4-5-9-18(17)26-20)27-22(29)16-13-21(24-15-16)28-10-6-3-7-11-28/h4-5,8-9,15,19H,2-3,6-7,10-14H2,1H3,(H,25,26)(H,27,29). The molecule has 3 heterocycles. The van der Waals surface area contributed by atoms with Crippen molar-refractivity contribution in [3.63, 3.8) is 0 Å². The van der Waals surface area contributed by atoms with Crippen molar-refractivity contribution in [3.05, 3.63) is 41.9 Å². The highest BCUT2D eigenvalue weighted by molar-refractivity contribution is 6.03. The number of esters is 1. The van der Waals surface area contributed by atoms with Gasteiger partial charge in [0.1, 0.15) is 17.7 Å². The lowest BCUT2D eigenvalue weighted by atomic mass is 10.1. The van der Waals surface area contributed by atoms with E-state index in [0.29, 0.717) is 24.4 Å². The number of hydrogen-bond acceptors (Lipinski definition) is 6. The molecular weight excluding hydrogens is 394 g/mol. The topological polar surface area (TPSA) is 99.7 Å². The number of amidine groups is 1. The molecule has 1 saturated heterocycles. The second kappa shape index (κ2) is 9.76. The van der Waals surface area contributed by atoms with Crippen LogP contribution >= 0.6 is 0 Å². The second-order valence-electron chi connectivity index (χ2n) is 8.02. The summed E-state index contributed by atoms with van der Waals surface area (Å²) in [6.45, 7) is 4.22. The van der Waals surface area contributed by atoms with E-state index in [1.807, 2.05) is 31.2 Å². The maximum Gasteiger partial charge on any atom is 0.329 e. The number of rotatable bonds is 7. The van der Waals surface area contributed by atoms with Crippen LogP contribution in [0.1, 0.15) is 44.9 Å². The van der Waals surface area contributed by atoms with Crippen LogP contribution in [0.5, 0.6) is 0 Å². The third-order valence-electron chi connectivity index (χ3n) is 5.60. The molecule has 164 valence electrons. The van der Waals surface area contributed by atoms with Gasteiger partial charge in [-0.15, -0.1) is 0 Å². The molecule has 1 aromatic carbocycles. The van der Waals surface area contributed by atoms with E-state index < -0.39 is 12.0 Å². The van der Waals surface area contributed by atoms with E-state index in [9.17, 15) is 9.59 Å². The molecule has 2 N–H and O–H groups in total. The van der Waals surface area contributed by atoms with Crippen LogP contribution < -0.4 is 5.32 Å². The molecule has 8 nitrogen and oxygen atoms in total. The van der Waals surface area contributed by atoms with Gasteiger partial charge in [-0.2, -0.15) is 0 Å². The van der Waals surface area contributed by atoms with Crippen molar-refractivity contribution in [1.29, 1.82) is 0 Å². The normalized spacial score (nSPS) is 17.3. The van der Waals surface area contributed by atoms with E-state index in [1.54, 1.807) is 6.20 Å². The zero-order valence-electron chi connectivity index (χ0n) is 17.9. The van der Waals surface area contributed by atoms with E-state index in [1.165, 1.54) is 6.42 Å². The van der Waals surface area contributed by atoms with Gasteiger partial charge >= 0.3 is 5.97 Å². The number of aliphatic imine (C=N–C) groups is 1. The first kappa shape index (κ1) is 21.1. The summed E-state index contributed by atoms with van der Waals surface area (Å²) in [5, 5.41) is 2.85. The Morgan fingerprint density at radius 1 is 1.23 bits per heavy atom. The van der Waals surface area contributed by atoms with Gasteiger partial charge in [0.05, 0.1) is 17.6 Å². The van der Waals surface area contributed by atoms with Gasteiger partial charge in [0.2, 0.25) is 5.91 Å². The monoisotopic (exact) mass is 423 g/mol. The number of nitrogens with one attached hydrogen (secondary N) is 2. The summed E-state index contributed by atoms with van der Waals surface area (Å²) in [5.41, 5.74) is 2.28.